The van der Waals surface area contributed by atoms with E-state index in [1.807, 2.05) is 0 Å². The van der Waals surface area contributed by atoms with Gasteiger partial charge in [-0.15, -0.1) is 0 Å². The lowest BCUT2D eigenvalue weighted by molar-refractivity contribution is -0.159. The van der Waals surface area contributed by atoms with Crippen LogP contribution in [-0.2, 0) is 19.0 Å². The van der Waals surface area contributed by atoms with Crippen molar-refractivity contribution in [2.75, 3.05) is 26.4 Å². The Hall–Kier alpha value is -0.910. The topological polar surface area (TPSA) is 68.3 Å². The van der Waals surface area contributed by atoms with Crippen molar-refractivity contribution in [3.63, 3.8) is 0 Å². The standard InChI is InChI=1S/C10H16O5/c1-2-9(12)15-10(8-14-10)7-13-6-4-3-5-11/h2,11H,1,3-8H2. The molecule has 0 aromatic heterocycles. The summed E-state index contributed by atoms with van der Waals surface area (Å²) in [5.41, 5.74) is 0. The highest BCUT2D eigenvalue weighted by molar-refractivity contribution is 5.81. The molecular formula is C10H16O5. The van der Waals surface area contributed by atoms with Gasteiger partial charge < -0.3 is 19.3 Å². The van der Waals surface area contributed by atoms with Crippen molar-refractivity contribution < 1.29 is 24.1 Å². The van der Waals surface area contributed by atoms with Gasteiger partial charge in [0.05, 0.1) is 0 Å². The molecule has 1 aliphatic heterocycles. The van der Waals surface area contributed by atoms with Gasteiger partial charge in [0, 0.05) is 19.3 Å². The van der Waals surface area contributed by atoms with E-state index >= 15 is 0 Å². The second-order valence-electron chi connectivity index (χ2n) is 3.31. The molecule has 5 heteroatoms. The van der Waals surface area contributed by atoms with Crippen molar-refractivity contribution in [3.05, 3.63) is 12.7 Å². The summed E-state index contributed by atoms with van der Waals surface area (Å²) >= 11 is 0. The molecule has 1 atom stereocenters. The highest BCUT2D eigenvalue weighted by atomic mass is 16.8. The number of carbonyl (C=O) groups excluding carboxylic acids is 1. The molecule has 0 aliphatic carbocycles. The first-order chi connectivity index (χ1) is 7.22. The number of aliphatic hydroxyl groups excluding tert-OH is 1. The molecule has 0 saturated carbocycles. The number of ether oxygens (including phenoxy) is 3. The minimum absolute atomic E-state index is 0.163. The summed E-state index contributed by atoms with van der Waals surface area (Å²) in [7, 11) is 0. The van der Waals surface area contributed by atoms with Gasteiger partial charge in [0.1, 0.15) is 13.2 Å². The molecule has 5 nitrogen and oxygen atoms in total. The Labute approximate surface area is 88.6 Å². The van der Waals surface area contributed by atoms with E-state index in [2.05, 4.69) is 6.58 Å². The van der Waals surface area contributed by atoms with Crippen LogP contribution in [0.4, 0.5) is 0 Å². The summed E-state index contributed by atoms with van der Waals surface area (Å²) in [6, 6.07) is 0. The van der Waals surface area contributed by atoms with E-state index in [1.54, 1.807) is 0 Å². The lowest BCUT2D eigenvalue weighted by Crippen LogP contribution is -2.26. The fourth-order valence-electron chi connectivity index (χ4n) is 1.02. The van der Waals surface area contributed by atoms with Crippen LogP contribution in [0.2, 0.25) is 0 Å². The molecule has 1 rings (SSSR count). The van der Waals surface area contributed by atoms with Crippen molar-refractivity contribution in [3.8, 4) is 0 Å². The number of esters is 1. The zero-order valence-electron chi connectivity index (χ0n) is 8.61. The largest absolute Gasteiger partial charge is 0.425 e. The van der Waals surface area contributed by atoms with E-state index < -0.39 is 11.8 Å². The number of epoxide rings is 1. The molecular weight excluding hydrogens is 200 g/mol. The maximum atomic E-state index is 10.9. The Kier molecular flexibility index (Phi) is 4.74. The molecule has 86 valence electrons. The quantitative estimate of drug-likeness (QED) is 0.272. The van der Waals surface area contributed by atoms with Crippen LogP contribution in [-0.4, -0.2) is 43.3 Å². The molecule has 0 spiro atoms. The summed E-state index contributed by atoms with van der Waals surface area (Å²) in [5, 5.41) is 8.53. The highest BCUT2D eigenvalue weighted by Crippen LogP contribution is 2.29. The molecule has 1 fully saturated rings. The molecule has 0 amide bonds. The zero-order valence-corrected chi connectivity index (χ0v) is 8.61. The van der Waals surface area contributed by atoms with Crippen molar-refractivity contribution in [2.24, 2.45) is 0 Å². The summed E-state index contributed by atoms with van der Waals surface area (Å²) in [5.74, 6) is -1.39. The molecule has 0 bridgehead atoms. The van der Waals surface area contributed by atoms with Gasteiger partial charge in [-0.2, -0.15) is 0 Å². The molecule has 1 unspecified atom stereocenters. The summed E-state index contributed by atoms with van der Waals surface area (Å²) in [6.07, 6.45) is 2.58. The van der Waals surface area contributed by atoms with Crippen molar-refractivity contribution in [1.29, 1.82) is 0 Å². The lowest BCUT2D eigenvalue weighted by atomic mass is 10.3. The number of hydrogen-bond donors (Lipinski definition) is 1. The normalized spacial score (nSPS) is 23.5. The van der Waals surface area contributed by atoms with Gasteiger partial charge >= 0.3 is 5.97 Å². The minimum atomic E-state index is -0.884. The van der Waals surface area contributed by atoms with Gasteiger partial charge in [-0.05, 0) is 12.8 Å². The van der Waals surface area contributed by atoms with Crippen molar-refractivity contribution in [1.82, 2.24) is 0 Å². The smallest absolute Gasteiger partial charge is 0.332 e. The Bertz CT molecular complexity index is 222. The average Bonchev–Trinajstić information content (AvgIpc) is 2.98. The molecule has 0 aromatic carbocycles. The van der Waals surface area contributed by atoms with Crippen LogP contribution < -0.4 is 0 Å². The van der Waals surface area contributed by atoms with Gasteiger partial charge in [-0.1, -0.05) is 6.58 Å². The molecule has 0 aromatic rings. The molecule has 1 saturated heterocycles. The van der Waals surface area contributed by atoms with E-state index in [0.717, 1.165) is 12.5 Å². The molecule has 0 radical (unpaired) electrons. The molecule has 1 N–H and O–H groups in total. The second kappa shape index (κ2) is 5.85. The fourth-order valence-corrected chi connectivity index (χ4v) is 1.02. The van der Waals surface area contributed by atoms with Gasteiger partial charge in [0.15, 0.2) is 0 Å². The molecule has 1 aliphatic rings. The van der Waals surface area contributed by atoms with Gasteiger partial charge in [-0.3, -0.25) is 0 Å². The SMILES string of the molecule is C=CC(=O)OC1(COCCCCO)CO1. The van der Waals surface area contributed by atoms with Gasteiger partial charge in [0.25, 0.3) is 5.79 Å². The van der Waals surface area contributed by atoms with Crippen LogP contribution in [0.25, 0.3) is 0 Å². The Morgan fingerprint density at radius 3 is 2.87 bits per heavy atom. The summed E-state index contributed by atoms with van der Waals surface area (Å²) in [4.78, 5) is 10.9. The number of hydrogen-bond acceptors (Lipinski definition) is 5. The minimum Gasteiger partial charge on any atom is -0.425 e. The Morgan fingerprint density at radius 2 is 2.33 bits per heavy atom. The molecule has 1 heterocycles. The van der Waals surface area contributed by atoms with Crippen LogP contribution in [0.1, 0.15) is 12.8 Å². The van der Waals surface area contributed by atoms with Gasteiger partial charge in [0.2, 0.25) is 0 Å². The Morgan fingerprint density at radius 1 is 1.60 bits per heavy atom. The van der Waals surface area contributed by atoms with Crippen LogP contribution in [0, 0.1) is 0 Å². The van der Waals surface area contributed by atoms with Crippen LogP contribution in [0.3, 0.4) is 0 Å². The van der Waals surface area contributed by atoms with Gasteiger partial charge in [-0.25, -0.2) is 4.79 Å². The maximum Gasteiger partial charge on any atom is 0.332 e. The predicted octanol–water partition coefficient (Wildman–Crippen LogP) is 0.231. The number of rotatable bonds is 8. The third-order valence-corrected chi connectivity index (χ3v) is 1.94. The van der Waals surface area contributed by atoms with Crippen molar-refractivity contribution >= 4 is 5.97 Å². The second-order valence-corrected chi connectivity index (χ2v) is 3.31. The number of aliphatic hydroxyl groups is 1. The monoisotopic (exact) mass is 216 g/mol. The van der Waals surface area contributed by atoms with Crippen LogP contribution >= 0.6 is 0 Å². The maximum absolute atomic E-state index is 10.9. The fraction of sp³-hybridized carbons (Fsp3) is 0.700. The third kappa shape index (κ3) is 4.42. The highest BCUT2D eigenvalue weighted by Gasteiger charge is 2.49. The zero-order chi connectivity index (χ0) is 11.1. The van der Waals surface area contributed by atoms with E-state index in [1.165, 1.54) is 0 Å². The van der Waals surface area contributed by atoms with E-state index in [4.69, 9.17) is 19.3 Å². The lowest BCUT2D eigenvalue weighted by Gasteiger charge is -2.12. The van der Waals surface area contributed by atoms with Crippen LogP contribution in [0.15, 0.2) is 12.7 Å². The first-order valence-electron chi connectivity index (χ1n) is 4.90. The number of unbranched alkanes of at least 4 members (excludes halogenated alkanes) is 1. The third-order valence-electron chi connectivity index (χ3n) is 1.94. The van der Waals surface area contributed by atoms with Crippen LogP contribution in [0.5, 0.6) is 0 Å². The Balaban J connectivity index is 2.09. The summed E-state index contributed by atoms with van der Waals surface area (Å²) in [6.45, 7) is 4.58. The van der Waals surface area contributed by atoms with Crippen molar-refractivity contribution in [2.45, 2.75) is 18.6 Å². The first kappa shape index (κ1) is 12.2. The first-order valence-corrected chi connectivity index (χ1v) is 4.90. The number of carbonyl (C=O) groups is 1. The molecule has 15 heavy (non-hydrogen) atoms. The predicted molar refractivity (Wildman–Crippen MR) is 52.1 cm³/mol. The van der Waals surface area contributed by atoms with E-state index in [0.29, 0.717) is 19.6 Å². The van der Waals surface area contributed by atoms with E-state index in [-0.39, 0.29) is 13.2 Å². The van der Waals surface area contributed by atoms with E-state index in [9.17, 15) is 4.79 Å². The average molecular weight is 216 g/mol. The summed E-state index contributed by atoms with van der Waals surface area (Å²) < 4.78 is 15.2.